The summed E-state index contributed by atoms with van der Waals surface area (Å²) >= 11 is 5.54. The SMILES string of the molecule is O=C(O)C(Cc1cccc(C(F)(F)F)c1Cl)C(=O)O. The number of aliphatic carboxylic acids is 2. The number of benzene rings is 1. The molecule has 4 nitrogen and oxygen atoms in total. The van der Waals surface area contributed by atoms with Crippen molar-refractivity contribution in [2.45, 2.75) is 12.6 Å². The van der Waals surface area contributed by atoms with E-state index in [1.54, 1.807) is 0 Å². The lowest BCUT2D eigenvalue weighted by molar-refractivity contribution is -0.154. The molecule has 0 atom stereocenters. The molecule has 0 spiro atoms. The van der Waals surface area contributed by atoms with Crippen LogP contribution in [0.2, 0.25) is 5.02 Å². The normalized spacial score (nSPS) is 11.6. The number of alkyl halides is 3. The maximum absolute atomic E-state index is 12.6. The van der Waals surface area contributed by atoms with E-state index in [0.717, 1.165) is 18.2 Å². The van der Waals surface area contributed by atoms with Crippen molar-refractivity contribution < 1.29 is 33.0 Å². The quantitative estimate of drug-likeness (QED) is 0.838. The minimum Gasteiger partial charge on any atom is -0.481 e. The highest BCUT2D eigenvalue weighted by atomic mass is 35.5. The highest BCUT2D eigenvalue weighted by Crippen LogP contribution is 2.36. The number of rotatable bonds is 4. The predicted octanol–water partition coefficient (Wildman–Crippen LogP) is 2.69. The molecule has 0 aliphatic carbocycles. The van der Waals surface area contributed by atoms with E-state index in [0.29, 0.717) is 0 Å². The van der Waals surface area contributed by atoms with E-state index in [9.17, 15) is 22.8 Å². The summed E-state index contributed by atoms with van der Waals surface area (Å²) in [4.78, 5) is 21.4. The van der Waals surface area contributed by atoms with Crippen LogP contribution in [0.5, 0.6) is 0 Å². The number of halogens is 4. The van der Waals surface area contributed by atoms with Crippen LogP contribution in [0.1, 0.15) is 11.1 Å². The topological polar surface area (TPSA) is 74.6 Å². The molecule has 0 unspecified atom stereocenters. The lowest BCUT2D eigenvalue weighted by atomic mass is 9.98. The van der Waals surface area contributed by atoms with Gasteiger partial charge in [0.1, 0.15) is 0 Å². The second-order valence-electron chi connectivity index (χ2n) is 3.71. The van der Waals surface area contributed by atoms with Gasteiger partial charge in [0, 0.05) is 0 Å². The van der Waals surface area contributed by atoms with Gasteiger partial charge in [0.25, 0.3) is 0 Å². The molecule has 0 aliphatic heterocycles. The van der Waals surface area contributed by atoms with Crippen LogP contribution in [0.4, 0.5) is 13.2 Å². The Labute approximate surface area is 110 Å². The molecule has 0 saturated carbocycles. The fraction of sp³-hybridized carbons (Fsp3) is 0.273. The summed E-state index contributed by atoms with van der Waals surface area (Å²) in [7, 11) is 0. The Morgan fingerprint density at radius 3 is 2.16 bits per heavy atom. The van der Waals surface area contributed by atoms with Gasteiger partial charge in [-0.15, -0.1) is 0 Å². The summed E-state index contributed by atoms with van der Waals surface area (Å²) in [5, 5.41) is 16.7. The first-order chi connectivity index (χ1) is 8.64. The standard InChI is InChI=1S/C11H8ClF3O4/c12-8-5(4-6(9(16)17)10(18)19)2-1-3-7(8)11(13,14)15/h1-3,6H,4H2,(H,16,17)(H,18,19). The maximum atomic E-state index is 12.6. The van der Waals surface area contributed by atoms with Gasteiger partial charge in [0.05, 0.1) is 10.6 Å². The van der Waals surface area contributed by atoms with Crippen molar-refractivity contribution in [3.8, 4) is 0 Å². The molecular weight excluding hydrogens is 289 g/mol. The first-order valence-electron chi connectivity index (χ1n) is 4.94. The first-order valence-corrected chi connectivity index (χ1v) is 5.32. The minimum atomic E-state index is -4.69. The molecular formula is C11H8ClF3O4. The van der Waals surface area contributed by atoms with E-state index >= 15 is 0 Å². The van der Waals surface area contributed by atoms with Crippen LogP contribution >= 0.6 is 11.6 Å². The van der Waals surface area contributed by atoms with E-state index in [4.69, 9.17) is 21.8 Å². The molecule has 1 rings (SSSR count). The third-order valence-corrected chi connectivity index (χ3v) is 2.85. The molecule has 0 aliphatic rings. The molecule has 0 amide bonds. The van der Waals surface area contributed by atoms with Gasteiger partial charge in [0.2, 0.25) is 0 Å². The van der Waals surface area contributed by atoms with Gasteiger partial charge in [-0.3, -0.25) is 9.59 Å². The monoisotopic (exact) mass is 296 g/mol. The highest BCUT2D eigenvalue weighted by molar-refractivity contribution is 6.32. The summed E-state index contributed by atoms with van der Waals surface area (Å²) < 4.78 is 37.7. The van der Waals surface area contributed by atoms with Crippen molar-refractivity contribution >= 4 is 23.5 Å². The van der Waals surface area contributed by atoms with Gasteiger partial charge in [0.15, 0.2) is 5.92 Å². The van der Waals surface area contributed by atoms with Crippen LogP contribution in [0.3, 0.4) is 0 Å². The number of carboxylic acid groups (broad SMARTS) is 2. The second kappa shape index (κ2) is 5.48. The molecule has 2 N–H and O–H groups in total. The molecule has 19 heavy (non-hydrogen) atoms. The van der Waals surface area contributed by atoms with Gasteiger partial charge in [-0.1, -0.05) is 23.7 Å². The fourth-order valence-corrected chi connectivity index (χ4v) is 1.77. The molecule has 0 radical (unpaired) electrons. The van der Waals surface area contributed by atoms with Crippen molar-refractivity contribution in [2.75, 3.05) is 0 Å². The van der Waals surface area contributed by atoms with E-state index in [1.165, 1.54) is 0 Å². The first kappa shape index (κ1) is 15.3. The Hall–Kier alpha value is -1.76. The van der Waals surface area contributed by atoms with Gasteiger partial charge >= 0.3 is 18.1 Å². The Morgan fingerprint density at radius 1 is 1.21 bits per heavy atom. The van der Waals surface area contributed by atoms with E-state index in [2.05, 4.69) is 0 Å². The van der Waals surface area contributed by atoms with E-state index in [1.807, 2.05) is 0 Å². The Morgan fingerprint density at radius 2 is 1.74 bits per heavy atom. The van der Waals surface area contributed by atoms with Gasteiger partial charge in [-0.2, -0.15) is 13.2 Å². The molecule has 1 aromatic carbocycles. The van der Waals surface area contributed by atoms with E-state index in [-0.39, 0.29) is 5.56 Å². The average molecular weight is 297 g/mol. The van der Waals surface area contributed by atoms with Crippen molar-refractivity contribution in [2.24, 2.45) is 5.92 Å². The molecule has 0 fully saturated rings. The number of carboxylic acids is 2. The molecule has 0 aromatic heterocycles. The second-order valence-corrected chi connectivity index (χ2v) is 4.09. The van der Waals surface area contributed by atoms with Crippen molar-refractivity contribution in [1.82, 2.24) is 0 Å². The van der Waals surface area contributed by atoms with Crippen LogP contribution in [0, 0.1) is 5.92 Å². The van der Waals surface area contributed by atoms with Gasteiger partial charge < -0.3 is 10.2 Å². The third-order valence-electron chi connectivity index (χ3n) is 2.40. The molecule has 0 heterocycles. The fourth-order valence-electron chi connectivity index (χ4n) is 1.46. The van der Waals surface area contributed by atoms with Crippen LogP contribution in [0.25, 0.3) is 0 Å². The summed E-state index contributed by atoms with van der Waals surface area (Å²) in [5.74, 6) is -5.12. The zero-order valence-corrected chi connectivity index (χ0v) is 10.00. The van der Waals surface area contributed by atoms with E-state index < -0.39 is 41.0 Å². The lowest BCUT2D eigenvalue weighted by Gasteiger charge is -2.13. The van der Waals surface area contributed by atoms with Gasteiger partial charge in [-0.25, -0.2) is 0 Å². The Balaban J connectivity index is 3.16. The zero-order chi connectivity index (χ0) is 14.8. The highest BCUT2D eigenvalue weighted by Gasteiger charge is 2.35. The Kier molecular flexibility index (Phi) is 4.41. The summed E-state index contributed by atoms with van der Waals surface area (Å²) in [6.45, 7) is 0. The average Bonchev–Trinajstić information content (AvgIpc) is 2.24. The number of hydrogen-bond donors (Lipinski definition) is 2. The molecule has 104 valence electrons. The van der Waals surface area contributed by atoms with Crippen LogP contribution in [-0.4, -0.2) is 22.2 Å². The maximum Gasteiger partial charge on any atom is 0.417 e. The lowest BCUT2D eigenvalue weighted by Crippen LogP contribution is -2.25. The third kappa shape index (κ3) is 3.60. The van der Waals surface area contributed by atoms with Crippen molar-refractivity contribution in [3.63, 3.8) is 0 Å². The molecule has 0 saturated heterocycles. The molecule has 0 bridgehead atoms. The number of hydrogen-bond acceptors (Lipinski definition) is 2. The number of carbonyl (C=O) groups is 2. The Bertz CT molecular complexity index is 499. The molecule has 1 aromatic rings. The summed E-state index contributed by atoms with van der Waals surface area (Å²) in [5.41, 5.74) is -1.30. The summed E-state index contributed by atoms with van der Waals surface area (Å²) in [6, 6.07) is 2.95. The summed E-state index contributed by atoms with van der Waals surface area (Å²) in [6.07, 6.45) is -5.30. The zero-order valence-electron chi connectivity index (χ0n) is 9.24. The molecule has 8 heteroatoms. The van der Waals surface area contributed by atoms with Crippen LogP contribution in [-0.2, 0) is 22.2 Å². The van der Waals surface area contributed by atoms with Crippen molar-refractivity contribution in [1.29, 1.82) is 0 Å². The van der Waals surface area contributed by atoms with Crippen LogP contribution in [0.15, 0.2) is 18.2 Å². The van der Waals surface area contributed by atoms with Crippen LogP contribution < -0.4 is 0 Å². The van der Waals surface area contributed by atoms with Crippen molar-refractivity contribution in [3.05, 3.63) is 34.3 Å². The predicted molar refractivity (Wildman–Crippen MR) is 58.9 cm³/mol. The minimum absolute atomic E-state index is 0.175. The smallest absolute Gasteiger partial charge is 0.417 e. The van der Waals surface area contributed by atoms with Gasteiger partial charge in [-0.05, 0) is 18.1 Å². The largest absolute Gasteiger partial charge is 0.481 e.